The first kappa shape index (κ1) is 82.3. The van der Waals surface area contributed by atoms with Gasteiger partial charge in [0.1, 0.15) is 47.9 Å². The maximum atomic E-state index is 15.7. The third-order valence-corrected chi connectivity index (χ3v) is 17.6. The highest BCUT2D eigenvalue weighted by atomic mass is 16.5. The molecule has 7 N–H and O–H groups in total. The van der Waals surface area contributed by atoms with Crippen LogP contribution < -0.4 is 31.7 Å². The number of piperidine rings is 1. The summed E-state index contributed by atoms with van der Waals surface area (Å²) in [6.07, 6.45) is 4.08. The van der Waals surface area contributed by atoms with E-state index in [1.165, 1.54) is 52.8 Å². The van der Waals surface area contributed by atoms with Gasteiger partial charge in [0.25, 0.3) is 0 Å². The number of likely N-dealkylation sites (N-methyl/N-ethyl adjacent to an activating group) is 4. The van der Waals surface area contributed by atoms with Crippen LogP contribution in [0.5, 0.6) is 5.75 Å². The molecule has 0 aromatic heterocycles. The first-order valence-corrected chi connectivity index (χ1v) is 34.6. The van der Waals surface area contributed by atoms with E-state index < -0.39 is 113 Å². The molecule has 0 bridgehead atoms. The number of hydrazine groups is 1. The molecule has 1 heterocycles. The normalized spacial score (nSPS) is 15.9. The maximum Gasteiger partial charge on any atom is 0.246 e. The summed E-state index contributed by atoms with van der Waals surface area (Å²) < 4.78 is 6.14. The Morgan fingerprint density at radius 1 is 0.621 bits per heavy atom. The molecule has 23 heteroatoms. The number of nitrogens with one attached hydrogen (secondary N) is 4. The van der Waals surface area contributed by atoms with Crippen LogP contribution in [0.2, 0.25) is 0 Å². The van der Waals surface area contributed by atoms with E-state index >= 15 is 24.0 Å². The average Bonchev–Trinajstić information content (AvgIpc) is 0.840. The molecule has 23 nitrogen and oxygen atoms in total. The number of hydrogen-bond acceptors (Lipinski definition) is 14. The number of likely N-dealkylation sites (tertiary alicyclic amines) is 1. The third kappa shape index (κ3) is 27.2. The second-order valence-electron chi connectivity index (χ2n) is 28.5. The van der Waals surface area contributed by atoms with E-state index in [0.717, 1.165) is 31.2 Å². The molecule has 3 unspecified atom stereocenters. The number of ketones is 1. The highest BCUT2D eigenvalue weighted by molar-refractivity contribution is 6.06. The molecule has 1 aliphatic rings. The lowest BCUT2D eigenvalue weighted by molar-refractivity contribution is -0.156. The Labute approximate surface area is 567 Å². The molecule has 0 radical (unpaired) electrons. The molecule has 9 amide bonds. The van der Waals surface area contributed by atoms with E-state index in [-0.39, 0.29) is 93.6 Å². The topological polar surface area (TPSA) is 294 Å². The van der Waals surface area contributed by atoms with Crippen molar-refractivity contribution in [2.45, 2.75) is 234 Å². The Bertz CT molecular complexity index is 2760. The molecule has 10 atom stereocenters. The SMILES string of the molecule is CCCCN(C(=O)C[C@@H](C)O)N(C)C(C)C(=O)N[C@@H](CCC(C)(C)C)C(=O)N(C)[C@@H](CC(C)C)C(=O)C(CCOc1ccccc1)C(=O)N[C@@H](CN[C@H](CC(C)C)C(=O)N(C)[C@@H](Cc1ccccc1)C(=O)N[C@@H](CC(C)C)C(=O)N(C)C(CC)C(N)=O)C(=O)N1CCCCC1. The fourth-order valence-electron chi connectivity index (χ4n) is 11.9. The number of hydrogen-bond donors (Lipinski definition) is 6. The number of Topliss-reactive ketones (excluding diaryl/α,β-unsaturated/α-hetero) is 1. The van der Waals surface area contributed by atoms with Crippen molar-refractivity contribution >= 4 is 58.9 Å². The Morgan fingerprint density at radius 2 is 1.14 bits per heavy atom. The first-order chi connectivity index (χ1) is 44.6. The Hall–Kier alpha value is -6.98. The summed E-state index contributed by atoms with van der Waals surface area (Å²) in [7, 11) is 6.11. The van der Waals surface area contributed by atoms with Gasteiger partial charge in [-0.1, -0.05) is 131 Å². The zero-order valence-electron chi connectivity index (χ0n) is 60.4. The standard InChI is InChI=1S/C72H119N11O12/c1-18-20-39-83(62(85)44-50(9)84)81(17)51(10)65(88)75-55(34-36-72(11,12)13)68(91)79(15)60(43-49(7)8)63(86)54(35-40-95-53-32-26-22-27-33-53)66(89)77-58(71(94)82-37-28-23-29-38-82)46-74-56(41-47(3)4)69(92)80(16)61(45-52-30-24-21-25-31-52)67(90)76-57(42-48(5)6)70(93)78(14)59(19-2)64(73)87/h21-22,24-27,30-33,47-51,54-61,74,84H,18-20,23,28-29,34-46H2,1-17H3,(H2,73,87)(H,75,88)(H,76,90)(H,77,89)/t50-,51?,54?,55+,56-,57+,58+,59?,60+,61+/m1/s1. The average molecular weight is 1330 g/mol. The second kappa shape index (κ2) is 40.5. The monoisotopic (exact) mass is 1330 g/mol. The lowest BCUT2D eigenvalue weighted by Gasteiger charge is -2.37. The van der Waals surface area contributed by atoms with E-state index in [4.69, 9.17) is 10.5 Å². The van der Waals surface area contributed by atoms with Crippen LogP contribution in [0.4, 0.5) is 0 Å². The summed E-state index contributed by atoms with van der Waals surface area (Å²) in [4.78, 5) is 151. The van der Waals surface area contributed by atoms with Crippen LogP contribution >= 0.6 is 0 Å². The maximum absolute atomic E-state index is 15.7. The summed E-state index contributed by atoms with van der Waals surface area (Å²) in [5.74, 6) is -6.99. The van der Waals surface area contributed by atoms with Gasteiger partial charge in [-0.05, 0) is 119 Å². The van der Waals surface area contributed by atoms with Crippen molar-refractivity contribution < 1.29 is 57.8 Å². The van der Waals surface area contributed by atoms with Gasteiger partial charge in [-0.25, -0.2) is 5.01 Å². The van der Waals surface area contributed by atoms with Crippen LogP contribution in [0, 0.1) is 29.1 Å². The third-order valence-electron chi connectivity index (χ3n) is 17.6. The zero-order valence-corrected chi connectivity index (χ0v) is 60.4. The molecule has 2 aromatic rings. The molecular formula is C72H119N11O12. The number of rotatable bonds is 41. The minimum atomic E-state index is -1.50. The number of ether oxygens (including phenoxy) is 1. The van der Waals surface area contributed by atoms with Crippen molar-refractivity contribution in [3.8, 4) is 5.75 Å². The number of benzene rings is 2. The molecule has 0 spiro atoms. The number of para-hydroxylation sites is 1. The van der Waals surface area contributed by atoms with Crippen LogP contribution in [0.3, 0.4) is 0 Å². The lowest BCUT2D eigenvalue weighted by Crippen LogP contribution is -2.61. The van der Waals surface area contributed by atoms with E-state index in [9.17, 15) is 29.1 Å². The molecule has 1 aliphatic heterocycles. The predicted octanol–water partition coefficient (Wildman–Crippen LogP) is 6.28. The van der Waals surface area contributed by atoms with E-state index in [0.29, 0.717) is 38.2 Å². The van der Waals surface area contributed by atoms with Crippen LogP contribution in [0.1, 0.15) is 179 Å². The number of amides is 9. The molecule has 1 fully saturated rings. The van der Waals surface area contributed by atoms with Crippen LogP contribution in [0.25, 0.3) is 0 Å². The fraction of sp³-hybridized carbons (Fsp3) is 0.694. The van der Waals surface area contributed by atoms with Gasteiger partial charge in [0.05, 0.1) is 31.2 Å². The molecule has 1 saturated heterocycles. The lowest BCUT2D eigenvalue weighted by atomic mass is 9.86. The zero-order chi connectivity index (χ0) is 71.4. The van der Waals surface area contributed by atoms with E-state index in [1.54, 1.807) is 50.1 Å². The summed E-state index contributed by atoms with van der Waals surface area (Å²) in [6.45, 7) is 25.1. The van der Waals surface area contributed by atoms with Crippen LogP contribution in [0.15, 0.2) is 60.7 Å². The van der Waals surface area contributed by atoms with Gasteiger partial charge in [-0.15, -0.1) is 0 Å². The molecule has 95 heavy (non-hydrogen) atoms. The summed E-state index contributed by atoms with van der Waals surface area (Å²) in [5.41, 5.74) is 6.15. The van der Waals surface area contributed by atoms with Gasteiger partial charge in [-0.2, -0.15) is 0 Å². The number of nitrogens with zero attached hydrogens (tertiary/aromatic N) is 6. The highest BCUT2D eigenvalue weighted by Crippen LogP contribution is 2.26. The van der Waals surface area contributed by atoms with Gasteiger partial charge in [0.15, 0.2) is 5.78 Å². The highest BCUT2D eigenvalue weighted by Gasteiger charge is 2.42. The number of carbonyl (C=O) groups is 10. The first-order valence-electron chi connectivity index (χ1n) is 34.6. The van der Waals surface area contributed by atoms with Crippen molar-refractivity contribution in [1.29, 1.82) is 0 Å². The van der Waals surface area contributed by atoms with Crippen LogP contribution in [-0.4, -0.2) is 209 Å². The van der Waals surface area contributed by atoms with Crippen molar-refractivity contribution in [3.63, 3.8) is 0 Å². The number of unbranched alkanes of at least 4 members (excludes halogenated alkanes) is 1. The smallest absolute Gasteiger partial charge is 0.246 e. The molecule has 534 valence electrons. The Morgan fingerprint density at radius 3 is 1.67 bits per heavy atom. The van der Waals surface area contributed by atoms with Gasteiger partial charge in [0, 0.05) is 67.2 Å². The van der Waals surface area contributed by atoms with Gasteiger partial charge in [-0.3, -0.25) is 53.0 Å². The van der Waals surface area contributed by atoms with Gasteiger partial charge < -0.3 is 56.4 Å². The number of carbonyl (C=O) groups excluding carboxylic acids is 10. The van der Waals surface area contributed by atoms with Crippen molar-refractivity contribution in [3.05, 3.63) is 66.2 Å². The second-order valence-corrected chi connectivity index (χ2v) is 28.5. The van der Waals surface area contributed by atoms with E-state index in [1.807, 2.05) is 106 Å². The quantitative estimate of drug-likeness (QED) is 0.0315. The number of aliphatic hydroxyl groups is 1. The minimum Gasteiger partial charge on any atom is -0.494 e. The number of aliphatic hydroxyl groups excluding tert-OH is 1. The van der Waals surface area contributed by atoms with Crippen LogP contribution in [-0.2, 0) is 54.4 Å². The predicted molar refractivity (Wildman–Crippen MR) is 370 cm³/mol. The molecule has 2 aromatic carbocycles. The Kier molecular flexibility index (Phi) is 35.1. The van der Waals surface area contributed by atoms with Gasteiger partial charge >= 0.3 is 0 Å². The van der Waals surface area contributed by atoms with Gasteiger partial charge in [0.2, 0.25) is 53.2 Å². The Balaban J connectivity index is 2.15. The number of nitrogens with two attached hydrogens (primary N) is 1. The molecule has 3 rings (SSSR count). The van der Waals surface area contributed by atoms with E-state index in [2.05, 4.69) is 21.3 Å². The van der Waals surface area contributed by atoms with Crippen molar-refractivity contribution in [1.82, 2.24) is 50.9 Å². The van der Waals surface area contributed by atoms with Crippen molar-refractivity contribution in [2.75, 3.05) is 61.0 Å². The van der Waals surface area contributed by atoms with Crippen molar-refractivity contribution in [2.24, 2.45) is 34.8 Å². The summed E-state index contributed by atoms with van der Waals surface area (Å²) in [6, 6.07) is 9.23. The minimum absolute atomic E-state index is 0.0607. The largest absolute Gasteiger partial charge is 0.494 e. The summed E-state index contributed by atoms with van der Waals surface area (Å²) >= 11 is 0. The molecular weight excluding hydrogens is 1210 g/mol. The molecule has 0 aliphatic carbocycles. The summed E-state index contributed by atoms with van der Waals surface area (Å²) in [5, 5.41) is 25.3. The number of primary amides is 1. The molecule has 0 saturated carbocycles. The fourth-order valence-corrected chi connectivity index (χ4v) is 11.9.